The van der Waals surface area contributed by atoms with E-state index in [0.29, 0.717) is 56.5 Å². The number of benzene rings is 1. The van der Waals surface area contributed by atoms with Crippen molar-refractivity contribution in [2.75, 3.05) is 49.5 Å². The number of rotatable bonds is 6. The predicted octanol–water partition coefficient (Wildman–Crippen LogP) is 1.60. The van der Waals surface area contributed by atoms with E-state index in [1.807, 2.05) is 40.6 Å². The number of para-hydroxylation sites is 1. The Hall–Kier alpha value is -2.78. The maximum Gasteiger partial charge on any atom is 0.238 e. The third kappa shape index (κ3) is 5.03. The molecule has 30 heavy (non-hydrogen) atoms. The molecular weight excluding hydrogens is 402 g/mol. The number of nitrogens with zero attached hydrogens (tertiary/aromatic N) is 4. The van der Waals surface area contributed by atoms with E-state index in [1.165, 1.54) is 11.3 Å². The zero-order valence-electron chi connectivity index (χ0n) is 16.7. The molecule has 2 saturated heterocycles. The monoisotopic (exact) mass is 427 g/mol. The first-order valence-electron chi connectivity index (χ1n) is 10.2. The van der Waals surface area contributed by atoms with Crippen molar-refractivity contribution in [2.45, 2.75) is 19.3 Å². The van der Waals surface area contributed by atoms with Gasteiger partial charge in [0.25, 0.3) is 0 Å². The van der Waals surface area contributed by atoms with Crippen LogP contribution in [0.25, 0.3) is 0 Å². The minimum Gasteiger partial charge on any atom is -0.340 e. The second-order valence-electron chi connectivity index (χ2n) is 7.52. The van der Waals surface area contributed by atoms with E-state index in [-0.39, 0.29) is 24.1 Å². The fourth-order valence-corrected chi connectivity index (χ4v) is 4.57. The number of carbonyl (C=O) groups excluding carboxylic acids is 3. The Morgan fingerprint density at radius 3 is 2.53 bits per heavy atom. The molecule has 0 unspecified atom stereocenters. The van der Waals surface area contributed by atoms with Gasteiger partial charge in [-0.2, -0.15) is 0 Å². The van der Waals surface area contributed by atoms with Crippen LogP contribution >= 0.6 is 11.3 Å². The Bertz CT molecular complexity index is 908. The molecule has 9 heteroatoms. The first-order chi connectivity index (χ1) is 14.6. The quantitative estimate of drug-likeness (QED) is 0.757. The summed E-state index contributed by atoms with van der Waals surface area (Å²) in [6.45, 7) is 3.55. The summed E-state index contributed by atoms with van der Waals surface area (Å²) in [5.74, 6) is 0.0927. The smallest absolute Gasteiger partial charge is 0.238 e. The lowest BCUT2D eigenvalue weighted by Gasteiger charge is -2.34. The maximum atomic E-state index is 12.6. The van der Waals surface area contributed by atoms with Crippen LogP contribution in [-0.4, -0.2) is 71.8 Å². The lowest BCUT2D eigenvalue weighted by molar-refractivity contribution is -0.132. The van der Waals surface area contributed by atoms with Crippen LogP contribution in [0.5, 0.6) is 0 Å². The summed E-state index contributed by atoms with van der Waals surface area (Å²) >= 11 is 1.42. The Morgan fingerprint density at radius 2 is 1.83 bits per heavy atom. The Labute approximate surface area is 179 Å². The van der Waals surface area contributed by atoms with Gasteiger partial charge in [-0.3, -0.25) is 24.2 Å². The predicted molar refractivity (Wildman–Crippen MR) is 115 cm³/mol. The highest BCUT2D eigenvalue weighted by Crippen LogP contribution is 2.25. The van der Waals surface area contributed by atoms with Crippen molar-refractivity contribution in [3.05, 3.63) is 41.4 Å². The van der Waals surface area contributed by atoms with Crippen molar-refractivity contribution < 1.29 is 14.4 Å². The van der Waals surface area contributed by atoms with Gasteiger partial charge in [-0.1, -0.05) is 18.2 Å². The molecule has 0 bridgehead atoms. The molecule has 2 aromatic rings. The van der Waals surface area contributed by atoms with Crippen LogP contribution in [0, 0.1) is 0 Å². The standard InChI is InChI=1S/C21H25N5O3S/c27-18(22-16-5-2-1-3-6-16)14-24-9-11-25(12-10-24)20(29)13-17-15-30-21(23-17)26-8-4-7-19(26)28/h1-3,5-6,15H,4,7-14H2,(H,22,27). The number of hydrogen-bond donors (Lipinski definition) is 1. The summed E-state index contributed by atoms with van der Waals surface area (Å²) in [7, 11) is 0. The van der Waals surface area contributed by atoms with Crippen molar-refractivity contribution in [1.29, 1.82) is 0 Å². The van der Waals surface area contributed by atoms with Crippen LogP contribution < -0.4 is 10.2 Å². The van der Waals surface area contributed by atoms with E-state index < -0.39 is 0 Å². The van der Waals surface area contributed by atoms with Crippen molar-refractivity contribution in [3.63, 3.8) is 0 Å². The number of hydrogen-bond acceptors (Lipinski definition) is 6. The Balaban J connectivity index is 1.22. The number of amides is 3. The molecule has 3 heterocycles. The molecule has 0 saturated carbocycles. The van der Waals surface area contributed by atoms with E-state index in [9.17, 15) is 14.4 Å². The number of aromatic nitrogens is 1. The average molecular weight is 428 g/mol. The van der Waals surface area contributed by atoms with Gasteiger partial charge in [0.1, 0.15) is 0 Å². The van der Waals surface area contributed by atoms with E-state index in [4.69, 9.17) is 0 Å². The maximum absolute atomic E-state index is 12.6. The molecule has 3 amide bonds. The van der Waals surface area contributed by atoms with Crippen molar-refractivity contribution in [3.8, 4) is 0 Å². The number of thiazole rings is 1. The SMILES string of the molecule is O=C(CN1CCN(C(=O)Cc2csc(N3CCCC3=O)n2)CC1)Nc1ccccc1. The molecule has 4 rings (SSSR count). The zero-order chi connectivity index (χ0) is 20.9. The van der Waals surface area contributed by atoms with Gasteiger partial charge in [-0.05, 0) is 18.6 Å². The van der Waals surface area contributed by atoms with Crippen LogP contribution in [0.2, 0.25) is 0 Å². The minimum absolute atomic E-state index is 0.0352. The van der Waals surface area contributed by atoms with E-state index in [1.54, 1.807) is 4.90 Å². The topological polar surface area (TPSA) is 85.9 Å². The second kappa shape index (κ2) is 9.36. The molecule has 2 aliphatic heterocycles. The molecule has 8 nitrogen and oxygen atoms in total. The molecule has 1 aromatic carbocycles. The van der Waals surface area contributed by atoms with Crippen molar-refractivity contribution >= 4 is 39.9 Å². The summed E-state index contributed by atoms with van der Waals surface area (Å²) in [6.07, 6.45) is 1.68. The van der Waals surface area contributed by atoms with Crippen LogP contribution in [0.3, 0.4) is 0 Å². The first-order valence-corrected chi connectivity index (χ1v) is 11.1. The van der Waals surface area contributed by atoms with E-state index in [0.717, 1.165) is 12.1 Å². The zero-order valence-corrected chi connectivity index (χ0v) is 17.6. The Kier molecular flexibility index (Phi) is 6.39. The largest absolute Gasteiger partial charge is 0.340 e. The highest BCUT2D eigenvalue weighted by Gasteiger charge is 2.26. The van der Waals surface area contributed by atoms with Gasteiger partial charge >= 0.3 is 0 Å². The van der Waals surface area contributed by atoms with E-state index in [2.05, 4.69) is 15.2 Å². The third-order valence-electron chi connectivity index (χ3n) is 5.33. The van der Waals surface area contributed by atoms with Gasteiger partial charge in [0.15, 0.2) is 5.13 Å². The third-order valence-corrected chi connectivity index (χ3v) is 6.24. The van der Waals surface area contributed by atoms with Crippen molar-refractivity contribution in [2.24, 2.45) is 0 Å². The molecule has 158 valence electrons. The normalized spacial score (nSPS) is 17.4. The summed E-state index contributed by atoms with van der Waals surface area (Å²) in [5.41, 5.74) is 1.50. The highest BCUT2D eigenvalue weighted by atomic mass is 32.1. The molecule has 2 aliphatic rings. The second-order valence-corrected chi connectivity index (χ2v) is 8.35. The number of piperazine rings is 1. The van der Waals surface area contributed by atoms with Gasteiger partial charge in [0.2, 0.25) is 17.7 Å². The summed E-state index contributed by atoms with van der Waals surface area (Å²) in [4.78, 5) is 46.8. The number of anilines is 2. The average Bonchev–Trinajstić information content (AvgIpc) is 3.37. The van der Waals surface area contributed by atoms with Gasteiger partial charge in [-0.25, -0.2) is 4.98 Å². The molecule has 2 fully saturated rings. The molecule has 1 aromatic heterocycles. The lowest BCUT2D eigenvalue weighted by atomic mass is 10.2. The Morgan fingerprint density at radius 1 is 1.07 bits per heavy atom. The molecule has 0 radical (unpaired) electrons. The van der Waals surface area contributed by atoms with Gasteiger partial charge in [-0.15, -0.1) is 11.3 Å². The number of carbonyl (C=O) groups is 3. The van der Waals surface area contributed by atoms with Crippen molar-refractivity contribution in [1.82, 2.24) is 14.8 Å². The van der Waals surface area contributed by atoms with Gasteiger partial charge in [0, 0.05) is 50.2 Å². The fraction of sp³-hybridized carbons (Fsp3) is 0.429. The summed E-state index contributed by atoms with van der Waals surface area (Å²) in [5, 5.41) is 5.44. The van der Waals surface area contributed by atoms with Crippen LogP contribution in [-0.2, 0) is 20.8 Å². The van der Waals surface area contributed by atoms with Crippen LogP contribution in [0.4, 0.5) is 10.8 Å². The van der Waals surface area contributed by atoms with E-state index >= 15 is 0 Å². The molecule has 0 atom stereocenters. The summed E-state index contributed by atoms with van der Waals surface area (Å²) in [6, 6.07) is 9.39. The minimum atomic E-state index is -0.0487. The lowest BCUT2D eigenvalue weighted by Crippen LogP contribution is -2.50. The van der Waals surface area contributed by atoms with Crippen LogP contribution in [0.1, 0.15) is 18.5 Å². The van der Waals surface area contributed by atoms with Gasteiger partial charge in [0.05, 0.1) is 18.7 Å². The molecule has 0 aliphatic carbocycles. The molecular formula is C21H25N5O3S. The molecule has 1 N–H and O–H groups in total. The first kappa shape index (κ1) is 20.5. The molecule has 0 spiro atoms. The summed E-state index contributed by atoms with van der Waals surface area (Å²) < 4.78 is 0. The fourth-order valence-electron chi connectivity index (χ4n) is 3.70. The van der Waals surface area contributed by atoms with Crippen LogP contribution in [0.15, 0.2) is 35.7 Å². The highest BCUT2D eigenvalue weighted by molar-refractivity contribution is 7.14. The number of nitrogens with one attached hydrogen (secondary N) is 1. The van der Waals surface area contributed by atoms with Gasteiger partial charge < -0.3 is 10.2 Å².